The minimum atomic E-state index is -0.669. The van der Waals surface area contributed by atoms with Crippen LogP contribution >= 0.6 is 0 Å². The second-order valence-electron chi connectivity index (χ2n) is 6.19. The van der Waals surface area contributed by atoms with E-state index in [0.717, 1.165) is 11.1 Å². The fraction of sp³-hybridized carbons (Fsp3) is 0.333. The number of rotatable bonds is 8. The zero-order valence-corrected chi connectivity index (χ0v) is 16.7. The Labute approximate surface area is 164 Å². The average Bonchev–Trinajstić information content (AvgIpc) is 2.71. The molecule has 2 aromatic rings. The highest BCUT2D eigenvalue weighted by molar-refractivity contribution is 5.92. The highest BCUT2D eigenvalue weighted by Gasteiger charge is 2.19. The van der Waals surface area contributed by atoms with Crippen molar-refractivity contribution in [2.75, 3.05) is 27.9 Å². The molecule has 0 saturated heterocycles. The van der Waals surface area contributed by atoms with E-state index < -0.39 is 18.5 Å². The fourth-order valence-electron chi connectivity index (χ4n) is 2.63. The summed E-state index contributed by atoms with van der Waals surface area (Å²) in [5.41, 5.74) is 2.30. The van der Waals surface area contributed by atoms with Crippen molar-refractivity contribution in [1.29, 1.82) is 0 Å². The number of ether oxygens (including phenoxy) is 4. The quantitative estimate of drug-likeness (QED) is 0.701. The highest BCUT2D eigenvalue weighted by Crippen LogP contribution is 2.38. The predicted molar refractivity (Wildman–Crippen MR) is 104 cm³/mol. The molecule has 7 heteroatoms. The second kappa shape index (κ2) is 9.64. The third kappa shape index (κ3) is 5.16. The van der Waals surface area contributed by atoms with Gasteiger partial charge in [0.05, 0.1) is 32.9 Å². The zero-order chi connectivity index (χ0) is 20.7. The molecule has 0 aliphatic heterocycles. The normalized spacial score (nSPS) is 11.3. The van der Waals surface area contributed by atoms with Gasteiger partial charge in [0.25, 0.3) is 5.91 Å². The third-order valence-electron chi connectivity index (χ3n) is 4.19. The summed E-state index contributed by atoms with van der Waals surface area (Å²) < 4.78 is 20.8. The number of nitrogens with one attached hydrogen (secondary N) is 1. The summed E-state index contributed by atoms with van der Waals surface area (Å²) in [6.07, 6.45) is 0. The Kier molecular flexibility index (Phi) is 7.26. The summed E-state index contributed by atoms with van der Waals surface area (Å²) in [6.45, 7) is 3.46. The van der Waals surface area contributed by atoms with Gasteiger partial charge in [0.1, 0.15) is 0 Å². The van der Waals surface area contributed by atoms with E-state index >= 15 is 0 Å². The van der Waals surface area contributed by atoms with Gasteiger partial charge in [0.15, 0.2) is 18.1 Å². The first-order chi connectivity index (χ1) is 13.4. The Hall–Kier alpha value is -3.22. The van der Waals surface area contributed by atoms with E-state index in [1.807, 2.05) is 38.1 Å². The van der Waals surface area contributed by atoms with Crippen molar-refractivity contribution in [2.24, 2.45) is 0 Å². The Morgan fingerprint density at radius 1 is 0.964 bits per heavy atom. The van der Waals surface area contributed by atoms with Gasteiger partial charge in [-0.15, -0.1) is 0 Å². The van der Waals surface area contributed by atoms with E-state index in [9.17, 15) is 9.59 Å². The maximum atomic E-state index is 12.3. The van der Waals surface area contributed by atoms with Gasteiger partial charge in [-0.05, 0) is 31.5 Å². The molecule has 0 aliphatic carbocycles. The van der Waals surface area contributed by atoms with E-state index in [4.69, 9.17) is 18.9 Å². The smallest absolute Gasteiger partial charge is 0.338 e. The number of hydrogen-bond donors (Lipinski definition) is 1. The van der Waals surface area contributed by atoms with Crippen molar-refractivity contribution >= 4 is 11.9 Å². The van der Waals surface area contributed by atoms with E-state index in [0.29, 0.717) is 17.2 Å². The standard InChI is InChI=1S/C21H25NO6/c1-13-6-8-15(9-7-13)14(2)22-19(23)12-28-21(24)16-10-17(25-3)20(27-5)18(11-16)26-4/h6-11,14H,12H2,1-5H3,(H,22,23)/t14-/m1/s1. The molecule has 0 unspecified atom stereocenters. The van der Waals surface area contributed by atoms with Crippen molar-refractivity contribution in [3.05, 3.63) is 53.1 Å². The maximum Gasteiger partial charge on any atom is 0.338 e. The average molecular weight is 387 g/mol. The Bertz CT molecular complexity index is 806. The number of benzene rings is 2. The first kappa shape index (κ1) is 21.1. The number of aryl methyl sites for hydroxylation is 1. The molecule has 2 aromatic carbocycles. The van der Waals surface area contributed by atoms with Crippen LogP contribution in [-0.2, 0) is 9.53 Å². The largest absolute Gasteiger partial charge is 0.493 e. The molecule has 0 fully saturated rings. The molecule has 0 aliphatic rings. The van der Waals surface area contributed by atoms with Gasteiger partial charge in [0, 0.05) is 0 Å². The highest BCUT2D eigenvalue weighted by atomic mass is 16.5. The van der Waals surface area contributed by atoms with Crippen LogP contribution in [0.4, 0.5) is 0 Å². The molecule has 2 rings (SSSR count). The third-order valence-corrected chi connectivity index (χ3v) is 4.19. The molecule has 150 valence electrons. The van der Waals surface area contributed by atoms with Crippen LogP contribution in [-0.4, -0.2) is 39.8 Å². The summed E-state index contributed by atoms with van der Waals surface area (Å²) in [5, 5.41) is 2.80. The van der Waals surface area contributed by atoms with Gasteiger partial charge in [0.2, 0.25) is 5.75 Å². The lowest BCUT2D eigenvalue weighted by atomic mass is 10.1. The van der Waals surface area contributed by atoms with Gasteiger partial charge in [-0.2, -0.15) is 0 Å². The Morgan fingerprint density at radius 3 is 2.04 bits per heavy atom. The van der Waals surface area contributed by atoms with Gasteiger partial charge in [-0.25, -0.2) is 4.79 Å². The van der Waals surface area contributed by atoms with Crippen LogP contribution in [0.5, 0.6) is 17.2 Å². The van der Waals surface area contributed by atoms with Crippen LogP contribution in [0.1, 0.15) is 34.5 Å². The number of carbonyl (C=O) groups excluding carboxylic acids is 2. The van der Waals surface area contributed by atoms with Crippen LogP contribution in [0, 0.1) is 6.92 Å². The van der Waals surface area contributed by atoms with Crippen LogP contribution in [0.3, 0.4) is 0 Å². The topological polar surface area (TPSA) is 83.1 Å². The van der Waals surface area contributed by atoms with Gasteiger partial charge in [-0.3, -0.25) is 4.79 Å². The molecule has 0 heterocycles. The monoisotopic (exact) mass is 387 g/mol. The van der Waals surface area contributed by atoms with Crippen molar-refractivity contribution < 1.29 is 28.5 Å². The van der Waals surface area contributed by atoms with Crippen molar-refractivity contribution in [3.8, 4) is 17.2 Å². The molecule has 7 nitrogen and oxygen atoms in total. The minimum absolute atomic E-state index is 0.189. The summed E-state index contributed by atoms with van der Waals surface area (Å²) >= 11 is 0. The molecular formula is C21H25NO6. The summed E-state index contributed by atoms with van der Waals surface area (Å²) in [6, 6.07) is 10.6. The molecule has 1 amide bonds. The number of carbonyl (C=O) groups is 2. The Balaban J connectivity index is 1.99. The lowest BCUT2D eigenvalue weighted by Gasteiger charge is -2.15. The second-order valence-corrected chi connectivity index (χ2v) is 6.19. The minimum Gasteiger partial charge on any atom is -0.493 e. The predicted octanol–water partition coefficient (Wildman–Crippen LogP) is 3.06. The van der Waals surface area contributed by atoms with Crippen molar-refractivity contribution in [1.82, 2.24) is 5.32 Å². The van der Waals surface area contributed by atoms with E-state index in [1.165, 1.54) is 33.5 Å². The fourth-order valence-corrected chi connectivity index (χ4v) is 2.63. The molecule has 0 aromatic heterocycles. The summed E-state index contributed by atoms with van der Waals surface area (Å²) in [5.74, 6) is -0.0463. The summed E-state index contributed by atoms with van der Waals surface area (Å²) in [4.78, 5) is 24.4. The number of methoxy groups -OCH3 is 3. The SMILES string of the molecule is COc1cc(C(=O)OCC(=O)N[C@H](C)c2ccc(C)cc2)cc(OC)c1OC. The first-order valence-corrected chi connectivity index (χ1v) is 8.72. The van der Waals surface area contributed by atoms with Gasteiger partial charge in [-0.1, -0.05) is 29.8 Å². The van der Waals surface area contributed by atoms with Gasteiger partial charge < -0.3 is 24.3 Å². The molecule has 0 radical (unpaired) electrons. The molecule has 0 bridgehead atoms. The molecule has 1 atom stereocenters. The van der Waals surface area contributed by atoms with E-state index in [2.05, 4.69) is 5.32 Å². The molecule has 0 saturated carbocycles. The molecule has 1 N–H and O–H groups in total. The van der Waals surface area contributed by atoms with Crippen LogP contribution in [0.15, 0.2) is 36.4 Å². The lowest BCUT2D eigenvalue weighted by Crippen LogP contribution is -2.31. The van der Waals surface area contributed by atoms with Crippen molar-refractivity contribution in [3.63, 3.8) is 0 Å². The molecule has 0 spiro atoms. The zero-order valence-electron chi connectivity index (χ0n) is 16.7. The summed E-state index contributed by atoms with van der Waals surface area (Å²) in [7, 11) is 4.37. The maximum absolute atomic E-state index is 12.3. The Morgan fingerprint density at radius 2 is 1.54 bits per heavy atom. The number of hydrogen-bond acceptors (Lipinski definition) is 6. The van der Waals surface area contributed by atoms with E-state index in [-0.39, 0.29) is 11.6 Å². The van der Waals surface area contributed by atoms with Crippen LogP contribution in [0.25, 0.3) is 0 Å². The first-order valence-electron chi connectivity index (χ1n) is 8.72. The number of amides is 1. The molecule has 28 heavy (non-hydrogen) atoms. The van der Waals surface area contributed by atoms with E-state index in [1.54, 1.807) is 0 Å². The van der Waals surface area contributed by atoms with Crippen molar-refractivity contribution in [2.45, 2.75) is 19.9 Å². The lowest BCUT2D eigenvalue weighted by molar-refractivity contribution is -0.124. The molecular weight excluding hydrogens is 362 g/mol. The van der Waals surface area contributed by atoms with Crippen LogP contribution < -0.4 is 19.5 Å². The van der Waals surface area contributed by atoms with Gasteiger partial charge >= 0.3 is 5.97 Å². The van der Waals surface area contributed by atoms with Crippen LogP contribution in [0.2, 0.25) is 0 Å². The number of esters is 1.